The number of rotatable bonds is 12. The van der Waals surface area contributed by atoms with Gasteiger partial charge >= 0.3 is 6.03 Å². The maximum Gasteiger partial charge on any atom is 0.346 e. The molecule has 0 aromatic carbocycles. The minimum Gasteiger partial charge on any atom is -0.380 e. The van der Waals surface area contributed by atoms with E-state index in [1.165, 1.54) is 9.21 Å². The van der Waals surface area contributed by atoms with Crippen LogP contribution in [-0.4, -0.2) is 91.0 Å². The van der Waals surface area contributed by atoms with Crippen LogP contribution in [-0.2, 0) is 19.5 Å². The molecule has 1 heterocycles. The molecule has 0 aliphatic rings. The summed E-state index contributed by atoms with van der Waals surface area (Å²) in [5.74, 6) is 0. The van der Waals surface area contributed by atoms with Gasteiger partial charge in [-0.2, -0.15) is 8.99 Å². The molecule has 0 spiro atoms. The molecule has 0 radical (unpaired) electrons. The highest BCUT2D eigenvalue weighted by atomic mass is 32.2. The molecule has 0 fully saturated rings. The van der Waals surface area contributed by atoms with E-state index in [1.807, 2.05) is 27.7 Å². The Bertz CT molecular complexity index is 635. The second-order valence-corrected chi connectivity index (χ2v) is 7.06. The van der Waals surface area contributed by atoms with Crippen LogP contribution in [0.2, 0.25) is 0 Å². The normalized spacial score (nSPS) is 11.9. The molecule has 150 valence electrons. The maximum absolute atomic E-state index is 12.8. The van der Waals surface area contributed by atoms with E-state index in [9.17, 15) is 13.2 Å². The van der Waals surface area contributed by atoms with Gasteiger partial charge in [-0.15, -0.1) is 5.10 Å². The molecule has 10 nitrogen and oxygen atoms in total. The van der Waals surface area contributed by atoms with E-state index in [4.69, 9.17) is 9.47 Å². The van der Waals surface area contributed by atoms with Crippen molar-refractivity contribution in [1.82, 2.24) is 24.0 Å². The molecule has 1 aromatic rings. The monoisotopic (exact) mass is 391 g/mol. The van der Waals surface area contributed by atoms with Crippen molar-refractivity contribution in [3.8, 4) is 0 Å². The van der Waals surface area contributed by atoms with Crippen molar-refractivity contribution < 1.29 is 22.7 Å². The third-order valence-electron chi connectivity index (χ3n) is 3.65. The van der Waals surface area contributed by atoms with Crippen LogP contribution >= 0.6 is 0 Å². The van der Waals surface area contributed by atoms with Crippen molar-refractivity contribution in [2.45, 2.75) is 32.9 Å². The van der Waals surface area contributed by atoms with Gasteiger partial charge < -0.3 is 14.4 Å². The van der Waals surface area contributed by atoms with Gasteiger partial charge in [0.05, 0.1) is 13.2 Å². The number of carbonyl (C=O) groups excluding carboxylic acids is 1. The molecule has 0 aliphatic heterocycles. The van der Waals surface area contributed by atoms with Crippen molar-refractivity contribution in [2.24, 2.45) is 0 Å². The van der Waals surface area contributed by atoms with E-state index in [-0.39, 0.29) is 26.3 Å². The van der Waals surface area contributed by atoms with Gasteiger partial charge in [0.2, 0.25) is 0 Å². The number of sulfonamides is 1. The Morgan fingerprint density at radius 1 is 1.08 bits per heavy atom. The van der Waals surface area contributed by atoms with Crippen LogP contribution in [0.4, 0.5) is 4.79 Å². The zero-order valence-corrected chi connectivity index (χ0v) is 16.7. The quantitative estimate of drug-likeness (QED) is 0.482. The second kappa shape index (κ2) is 11.2. The van der Waals surface area contributed by atoms with Gasteiger partial charge in [-0.3, -0.25) is 0 Å². The third kappa shape index (κ3) is 6.01. The molecule has 1 amide bonds. The highest BCUT2D eigenvalue weighted by Gasteiger charge is 2.29. The maximum atomic E-state index is 12.8. The molecule has 0 unspecified atom stereocenters. The Hall–Kier alpha value is -1.56. The summed E-state index contributed by atoms with van der Waals surface area (Å²) in [7, 11) is -3.95. The standard InChI is InChI=1S/C15H29N5O5S/c1-5-18(6-2)15(21)20-13-16-14(17-20)26(22,23)19(9-11-24-7-3)10-12-25-8-4/h13H,5-12H2,1-4H3. The highest BCUT2D eigenvalue weighted by molar-refractivity contribution is 7.88. The van der Waals surface area contributed by atoms with Crippen molar-refractivity contribution >= 4 is 16.1 Å². The topological polar surface area (TPSA) is 107 Å². The fourth-order valence-electron chi connectivity index (χ4n) is 2.19. The third-order valence-corrected chi connectivity index (χ3v) is 5.34. The van der Waals surface area contributed by atoms with E-state index in [0.29, 0.717) is 26.3 Å². The fourth-order valence-corrected chi connectivity index (χ4v) is 3.42. The molecule has 0 atom stereocenters. The van der Waals surface area contributed by atoms with Crippen LogP contribution in [0.1, 0.15) is 27.7 Å². The molecule has 0 bridgehead atoms. The Balaban J connectivity index is 2.97. The molecular formula is C15H29N5O5S. The van der Waals surface area contributed by atoms with Gasteiger partial charge in [-0.25, -0.2) is 18.2 Å². The summed E-state index contributed by atoms with van der Waals surface area (Å²) in [4.78, 5) is 17.6. The predicted molar refractivity (Wildman–Crippen MR) is 95.5 cm³/mol. The minimum absolute atomic E-state index is 0.155. The van der Waals surface area contributed by atoms with E-state index >= 15 is 0 Å². The Morgan fingerprint density at radius 3 is 2.08 bits per heavy atom. The summed E-state index contributed by atoms with van der Waals surface area (Å²) in [6, 6.07) is -0.417. The largest absolute Gasteiger partial charge is 0.380 e. The van der Waals surface area contributed by atoms with Gasteiger partial charge in [0.1, 0.15) is 6.33 Å². The fraction of sp³-hybridized carbons (Fsp3) is 0.800. The van der Waals surface area contributed by atoms with Gasteiger partial charge in [0.15, 0.2) is 0 Å². The number of amides is 1. The summed E-state index contributed by atoms with van der Waals surface area (Å²) in [6.45, 7) is 10.1. The zero-order valence-electron chi connectivity index (χ0n) is 15.9. The first kappa shape index (κ1) is 22.5. The lowest BCUT2D eigenvalue weighted by Gasteiger charge is -2.20. The lowest BCUT2D eigenvalue weighted by molar-refractivity contribution is 0.110. The summed E-state index contributed by atoms with van der Waals surface area (Å²) in [5.41, 5.74) is 0. The number of hydrogen-bond acceptors (Lipinski definition) is 7. The number of carbonyl (C=O) groups is 1. The lowest BCUT2D eigenvalue weighted by atomic mass is 10.5. The Morgan fingerprint density at radius 2 is 1.62 bits per heavy atom. The van der Waals surface area contributed by atoms with Gasteiger partial charge in [-0.05, 0) is 27.7 Å². The average molecular weight is 391 g/mol. The molecule has 0 aliphatic carbocycles. The van der Waals surface area contributed by atoms with Gasteiger partial charge in [0, 0.05) is 39.4 Å². The molecule has 11 heteroatoms. The van der Waals surface area contributed by atoms with Crippen LogP contribution in [0, 0.1) is 0 Å². The molecule has 0 N–H and O–H groups in total. The minimum atomic E-state index is -3.95. The smallest absolute Gasteiger partial charge is 0.346 e. The van der Waals surface area contributed by atoms with Crippen LogP contribution in [0.25, 0.3) is 0 Å². The first-order chi connectivity index (χ1) is 12.4. The van der Waals surface area contributed by atoms with Gasteiger partial charge in [-0.1, -0.05) is 0 Å². The number of aromatic nitrogens is 3. The molecule has 0 saturated carbocycles. The average Bonchev–Trinajstić information content (AvgIpc) is 3.12. The van der Waals surface area contributed by atoms with Crippen molar-refractivity contribution in [3.63, 3.8) is 0 Å². The summed E-state index contributed by atoms with van der Waals surface area (Å²) < 4.78 is 38.3. The summed E-state index contributed by atoms with van der Waals surface area (Å²) in [5, 5.41) is 3.47. The van der Waals surface area contributed by atoms with Crippen LogP contribution < -0.4 is 0 Å². The van der Waals surface area contributed by atoms with Crippen molar-refractivity contribution in [1.29, 1.82) is 0 Å². The SMILES string of the molecule is CCOCCN(CCOCC)S(=O)(=O)c1ncn(C(=O)N(CC)CC)n1. The van der Waals surface area contributed by atoms with E-state index < -0.39 is 21.2 Å². The van der Waals surface area contributed by atoms with E-state index in [2.05, 4.69) is 10.1 Å². The Kier molecular flexibility index (Phi) is 9.70. The van der Waals surface area contributed by atoms with Crippen LogP contribution in [0.5, 0.6) is 0 Å². The molecule has 0 saturated heterocycles. The first-order valence-electron chi connectivity index (χ1n) is 8.78. The number of nitrogens with zero attached hydrogens (tertiary/aromatic N) is 5. The van der Waals surface area contributed by atoms with E-state index in [1.54, 1.807) is 0 Å². The van der Waals surface area contributed by atoms with Crippen molar-refractivity contribution in [3.05, 3.63) is 6.33 Å². The number of ether oxygens (including phenoxy) is 2. The zero-order chi connectivity index (χ0) is 19.6. The van der Waals surface area contributed by atoms with Gasteiger partial charge in [0.25, 0.3) is 15.2 Å². The first-order valence-corrected chi connectivity index (χ1v) is 10.2. The Labute approximate surface area is 155 Å². The second-order valence-electron chi connectivity index (χ2n) is 5.22. The van der Waals surface area contributed by atoms with E-state index in [0.717, 1.165) is 11.0 Å². The molecule has 1 aromatic heterocycles. The highest BCUT2D eigenvalue weighted by Crippen LogP contribution is 2.11. The predicted octanol–water partition coefficient (Wildman–Crippen LogP) is 0.652. The molecular weight excluding hydrogens is 362 g/mol. The number of hydrogen-bond donors (Lipinski definition) is 0. The molecule has 1 rings (SSSR count). The van der Waals surface area contributed by atoms with Crippen LogP contribution in [0.15, 0.2) is 11.5 Å². The van der Waals surface area contributed by atoms with Crippen molar-refractivity contribution in [2.75, 3.05) is 52.6 Å². The molecule has 26 heavy (non-hydrogen) atoms. The summed E-state index contributed by atoms with van der Waals surface area (Å²) in [6.07, 6.45) is 1.12. The summed E-state index contributed by atoms with van der Waals surface area (Å²) >= 11 is 0. The van der Waals surface area contributed by atoms with Crippen LogP contribution in [0.3, 0.4) is 0 Å². The lowest BCUT2D eigenvalue weighted by Crippen LogP contribution is -2.38.